The van der Waals surface area contributed by atoms with Crippen LogP contribution in [-0.4, -0.2) is 39.0 Å². The minimum absolute atomic E-state index is 0.107. The van der Waals surface area contributed by atoms with Crippen molar-refractivity contribution in [2.45, 2.75) is 25.9 Å². The number of likely N-dealkylation sites (N-methyl/N-ethyl adjacent to an activating group) is 1. The van der Waals surface area contributed by atoms with Crippen molar-refractivity contribution in [1.82, 2.24) is 4.90 Å². The van der Waals surface area contributed by atoms with Gasteiger partial charge in [0.25, 0.3) is 11.4 Å². The molecule has 0 bridgehead atoms. The van der Waals surface area contributed by atoms with E-state index in [1.165, 1.54) is 12.1 Å². The average Bonchev–Trinajstić information content (AvgIpc) is 2.38. The maximum atomic E-state index is 11.0. The molecule has 0 atom stereocenters. The van der Waals surface area contributed by atoms with Crippen molar-refractivity contribution in [3.05, 3.63) is 44.0 Å². The van der Waals surface area contributed by atoms with Crippen LogP contribution < -0.4 is 0 Å². The van der Waals surface area contributed by atoms with E-state index in [1.807, 2.05) is 0 Å². The second-order valence-corrected chi connectivity index (χ2v) is 5.15. The molecule has 0 aromatic heterocycles. The van der Waals surface area contributed by atoms with Crippen molar-refractivity contribution in [3.63, 3.8) is 0 Å². The van der Waals surface area contributed by atoms with Crippen LogP contribution in [0.4, 0.5) is 11.4 Å². The maximum Gasteiger partial charge on any atom is 0.280 e. The van der Waals surface area contributed by atoms with Gasteiger partial charge in [0.05, 0.1) is 22.5 Å². The molecule has 1 aromatic rings. The van der Waals surface area contributed by atoms with E-state index in [9.17, 15) is 25.3 Å². The van der Waals surface area contributed by atoms with Gasteiger partial charge in [-0.15, -0.1) is 0 Å². The number of benzene rings is 1. The molecule has 0 aliphatic rings. The van der Waals surface area contributed by atoms with Crippen molar-refractivity contribution in [2.24, 2.45) is 0 Å². The lowest BCUT2D eigenvalue weighted by Gasteiger charge is -2.33. The molecule has 0 radical (unpaired) electrons. The van der Waals surface area contributed by atoms with Crippen LogP contribution in [0.5, 0.6) is 0 Å². The van der Waals surface area contributed by atoms with E-state index in [-0.39, 0.29) is 24.5 Å². The number of nitro groups is 2. The van der Waals surface area contributed by atoms with E-state index < -0.39 is 15.4 Å². The number of non-ortho nitro benzene ring substituents is 1. The summed E-state index contributed by atoms with van der Waals surface area (Å²) in [5.74, 6) is 0. The van der Waals surface area contributed by atoms with E-state index >= 15 is 0 Å². The number of hydrogen-bond donors (Lipinski definition) is 1. The fourth-order valence-electron chi connectivity index (χ4n) is 1.56. The summed E-state index contributed by atoms with van der Waals surface area (Å²) in [6.45, 7) is 3.70. The van der Waals surface area contributed by atoms with Crippen LogP contribution in [0, 0.1) is 20.2 Å². The van der Waals surface area contributed by atoms with Crippen LogP contribution in [0.1, 0.15) is 19.4 Å². The molecular formula is C12H17N3O5. The van der Waals surface area contributed by atoms with E-state index in [0.29, 0.717) is 5.56 Å². The van der Waals surface area contributed by atoms with Gasteiger partial charge in [-0.3, -0.25) is 25.1 Å². The predicted octanol–water partition coefficient (Wildman–Crippen LogP) is 1.71. The lowest BCUT2D eigenvalue weighted by molar-refractivity contribution is -0.394. The zero-order chi connectivity index (χ0) is 15.5. The van der Waals surface area contributed by atoms with Crippen LogP contribution in [0.15, 0.2) is 18.2 Å². The number of nitrogens with zero attached hydrogens (tertiary/aromatic N) is 3. The van der Waals surface area contributed by atoms with Crippen molar-refractivity contribution < 1.29 is 15.0 Å². The maximum absolute atomic E-state index is 11.0. The summed E-state index contributed by atoms with van der Waals surface area (Å²) in [4.78, 5) is 22.1. The van der Waals surface area contributed by atoms with E-state index in [1.54, 1.807) is 25.8 Å². The second-order valence-electron chi connectivity index (χ2n) is 5.15. The standard InChI is InChI=1S/C12H17N3O5/c1-12(2,8-16)13(3)7-9-4-5-10(14(17)18)6-11(9)15(19)20/h4-6,16H,7-8H2,1-3H3. The molecule has 8 heteroatoms. The van der Waals surface area contributed by atoms with Crippen LogP contribution in [0.3, 0.4) is 0 Å². The summed E-state index contributed by atoms with van der Waals surface area (Å²) in [6, 6.07) is 3.57. The van der Waals surface area contributed by atoms with Crippen LogP contribution in [0.2, 0.25) is 0 Å². The summed E-state index contributed by atoms with van der Waals surface area (Å²) in [7, 11) is 1.72. The topological polar surface area (TPSA) is 110 Å². The molecule has 0 fully saturated rings. The average molecular weight is 283 g/mol. The third-order valence-corrected chi connectivity index (χ3v) is 3.30. The Bertz CT molecular complexity index is 530. The Labute approximate surface area is 115 Å². The first kappa shape index (κ1) is 16.0. The summed E-state index contributed by atoms with van der Waals surface area (Å²) in [5.41, 5.74) is -0.788. The highest BCUT2D eigenvalue weighted by Gasteiger charge is 2.26. The van der Waals surface area contributed by atoms with Gasteiger partial charge in [-0.25, -0.2) is 0 Å². The van der Waals surface area contributed by atoms with Gasteiger partial charge in [0.1, 0.15) is 0 Å². The molecule has 1 aromatic carbocycles. The molecule has 110 valence electrons. The first-order valence-corrected chi connectivity index (χ1v) is 5.93. The highest BCUT2D eigenvalue weighted by atomic mass is 16.6. The fraction of sp³-hybridized carbons (Fsp3) is 0.500. The number of nitro benzene ring substituents is 2. The first-order chi connectivity index (χ1) is 9.19. The summed E-state index contributed by atoms with van der Waals surface area (Å²) in [6.07, 6.45) is 0. The first-order valence-electron chi connectivity index (χ1n) is 5.93. The van der Waals surface area contributed by atoms with Crippen LogP contribution in [-0.2, 0) is 6.54 Å². The van der Waals surface area contributed by atoms with Crippen molar-refractivity contribution in [1.29, 1.82) is 0 Å². The minimum atomic E-state index is -0.668. The molecular weight excluding hydrogens is 266 g/mol. The smallest absolute Gasteiger partial charge is 0.280 e. The summed E-state index contributed by atoms with van der Waals surface area (Å²) < 4.78 is 0. The predicted molar refractivity (Wildman–Crippen MR) is 72.4 cm³/mol. The van der Waals surface area contributed by atoms with Crippen molar-refractivity contribution in [3.8, 4) is 0 Å². The monoisotopic (exact) mass is 283 g/mol. The van der Waals surface area contributed by atoms with Gasteiger partial charge in [0.2, 0.25) is 0 Å². The quantitative estimate of drug-likeness (QED) is 0.628. The molecule has 8 nitrogen and oxygen atoms in total. The molecule has 0 aliphatic heterocycles. The highest BCUT2D eigenvalue weighted by molar-refractivity contribution is 5.49. The molecule has 0 heterocycles. The fourth-order valence-corrected chi connectivity index (χ4v) is 1.56. The number of aliphatic hydroxyl groups excluding tert-OH is 1. The molecule has 1 rings (SSSR count). The van der Waals surface area contributed by atoms with E-state index in [2.05, 4.69) is 0 Å². The Balaban J connectivity index is 3.13. The minimum Gasteiger partial charge on any atom is -0.394 e. The van der Waals surface area contributed by atoms with Crippen LogP contribution >= 0.6 is 0 Å². The zero-order valence-electron chi connectivity index (χ0n) is 11.6. The van der Waals surface area contributed by atoms with Gasteiger partial charge in [0, 0.05) is 23.7 Å². The Morgan fingerprint density at radius 2 is 1.85 bits per heavy atom. The van der Waals surface area contributed by atoms with Gasteiger partial charge >= 0.3 is 0 Å². The Morgan fingerprint density at radius 3 is 2.30 bits per heavy atom. The van der Waals surface area contributed by atoms with Gasteiger partial charge in [-0.2, -0.15) is 0 Å². The highest BCUT2D eigenvalue weighted by Crippen LogP contribution is 2.27. The zero-order valence-corrected chi connectivity index (χ0v) is 11.6. The molecule has 0 unspecified atom stereocenters. The van der Waals surface area contributed by atoms with Crippen molar-refractivity contribution in [2.75, 3.05) is 13.7 Å². The number of rotatable bonds is 6. The summed E-state index contributed by atoms with van der Waals surface area (Å²) in [5, 5.41) is 30.9. The normalized spacial score (nSPS) is 11.7. The molecule has 0 saturated heterocycles. The molecule has 0 spiro atoms. The lowest BCUT2D eigenvalue weighted by atomic mass is 10.0. The SMILES string of the molecule is CN(Cc1ccc([N+](=O)[O-])cc1[N+](=O)[O-])C(C)(C)CO. The second kappa shape index (κ2) is 5.93. The van der Waals surface area contributed by atoms with E-state index in [0.717, 1.165) is 6.07 Å². The number of aliphatic hydroxyl groups is 1. The lowest BCUT2D eigenvalue weighted by Crippen LogP contribution is -2.43. The Kier molecular flexibility index (Phi) is 4.74. The van der Waals surface area contributed by atoms with Crippen molar-refractivity contribution >= 4 is 11.4 Å². The summed E-state index contributed by atoms with van der Waals surface area (Å²) >= 11 is 0. The molecule has 0 saturated carbocycles. The molecule has 0 amide bonds. The third-order valence-electron chi connectivity index (χ3n) is 3.30. The molecule has 1 N–H and O–H groups in total. The third kappa shape index (κ3) is 3.49. The molecule has 0 aliphatic carbocycles. The van der Waals surface area contributed by atoms with Gasteiger partial charge < -0.3 is 5.11 Å². The molecule has 20 heavy (non-hydrogen) atoms. The van der Waals surface area contributed by atoms with Crippen LogP contribution in [0.25, 0.3) is 0 Å². The van der Waals surface area contributed by atoms with Gasteiger partial charge in [-0.1, -0.05) is 0 Å². The number of hydrogen-bond acceptors (Lipinski definition) is 6. The van der Waals surface area contributed by atoms with Gasteiger partial charge in [0.15, 0.2) is 0 Å². The van der Waals surface area contributed by atoms with E-state index in [4.69, 9.17) is 0 Å². The Morgan fingerprint density at radius 1 is 1.25 bits per heavy atom. The largest absolute Gasteiger partial charge is 0.394 e. The van der Waals surface area contributed by atoms with Gasteiger partial charge in [-0.05, 0) is 27.0 Å². The Hall–Kier alpha value is -2.06.